The monoisotopic (exact) mass is 375 g/mol. The van der Waals surface area contributed by atoms with Gasteiger partial charge in [0.05, 0.1) is 16.4 Å². The van der Waals surface area contributed by atoms with Crippen LogP contribution in [-0.4, -0.2) is 14.2 Å². The van der Waals surface area contributed by atoms with Gasteiger partial charge in [-0.1, -0.05) is 72.8 Å². The number of hydrogen-bond donors (Lipinski definition) is 1. The first-order chi connectivity index (χ1) is 13.0. The molecule has 0 bridgehead atoms. The highest BCUT2D eigenvalue weighted by molar-refractivity contribution is 7.89. The molecule has 0 saturated heterocycles. The Hall–Kier alpha value is -2.76. The summed E-state index contributed by atoms with van der Waals surface area (Å²) in [5.41, 5.74) is 2.07. The van der Waals surface area contributed by atoms with Crippen molar-refractivity contribution in [2.45, 2.75) is 16.9 Å². The molecule has 0 unspecified atom stereocenters. The molecule has 1 spiro atoms. The van der Waals surface area contributed by atoms with Crippen LogP contribution in [0, 0.1) is 5.92 Å². The molecule has 134 valence electrons. The lowest BCUT2D eigenvalue weighted by molar-refractivity contribution is 0.0874. The molecule has 5 rings (SSSR count). The predicted octanol–water partition coefficient (Wildman–Crippen LogP) is 3.28. The second kappa shape index (κ2) is 5.62. The summed E-state index contributed by atoms with van der Waals surface area (Å²) in [7, 11) is -3.69. The molecular formula is C22H17NO3S. The van der Waals surface area contributed by atoms with Crippen molar-refractivity contribution in [2.75, 3.05) is 0 Å². The first-order valence-electron chi connectivity index (χ1n) is 8.85. The topological polar surface area (TPSA) is 63.2 Å². The van der Waals surface area contributed by atoms with Crippen LogP contribution in [-0.2, 0) is 22.0 Å². The molecule has 27 heavy (non-hydrogen) atoms. The fraction of sp³-hybridized carbons (Fsp3) is 0.136. The van der Waals surface area contributed by atoms with Gasteiger partial charge in [-0.25, -0.2) is 8.42 Å². The first kappa shape index (κ1) is 16.4. The molecule has 0 fully saturated rings. The van der Waals surface area contributed by atoms with Gasteiger partial charge in [-0.05, 0) is 29.2 Å². The highest BCUT2D eigenvalue weighted by Gasteiger charge is 2.58. The van der Waals surface area contributed by atoms with Gasteiger partial charge in [0.2, 0.25) is 10.0 Å². The van der Waals surface area contributed by atoms with Crippen LogP contribution in [0.25, 0.3) is 0 Å². The number of hydrogen-bond acceptors (Lipinski definition) is 3. The Bertz CT molecular complexity index is 1170. The molecule has 1 heterocycles. The quantitative estimate of drug-likeness (QED) is 0.699. The molecule has 5 heteroatoms. The molecule has 3 aromatic rings. The van der Waals surface area contributed by atoms with Gasteiger partial charge in [0.25, 0.3) is 0 Å². The Morgan fingerprint density at radius 2 is 1.48 bits per heavy atom. The van der Waals surface area contributed by atoms with Crippen molar-refractivity contribution in [3.05, 3.63) is 101 Å². The van der Waals surface area contributed by atoms with E-state index in [0.717, 1.165) is 11.1 Å². The van der Waals surface area contributed by atoms with E-state index in [4.69, 9.17) is 0 Å². The summed E-state index contributed by atoms with van der Waals surface area (Å²) in [5, 5.41) is 0. The molecular weight excluding hydrogens is 358 g/mol. The third-order valence-electron chi connectivity index (χ3n) is 5.66. The number of fused-ring (bicyclic) bond motifs is 4. The maximum Gasteiger partial charge on any atom is 0.242 e. The molecule has 0 saturated carbocycles. The minimum absolute atomic E-state index is 0.0498. The number of carbonyl (C=O) groups is 1. The summed E-state index contributed by atoms with van der Waals surface area (Å²) in [6.45, 7) is 0. The van der Waals surface area contributed by atoms with Crippen LogP contribution in [0.5, 0.6) is 0 Å². The van der Waals surface area contributed by atoms with Crippen LogP contribution in [0.3, 0.4) is 0 Å². The average Bonchev–Trinajstić information content (AvgIpc) is 3.15. The molecule has 0 aromatic heterocycles. The maximum atomic E-state index is 13.5. The molecule has 2 aliphatic rings. The minimum Gasteiger partial charge on any atom is -0.294 e. The van der Waals surface area contributed by atoms with E-state index in [1.165, 1.54) is 0 Å². The number of benzene rings is 3. The molecule has 1 aliphatic heterocycles. The molecule has 3 aromatic carbocycles. The Morgan fingerprint density at radius 3 is 2.26 bits per heavy atom. The van der Waals surface area contributed by atoms with Crippen molar-refractivity contribution in [1.82, 2.24) is 4.72 Å². The fourth-order valence-corrected chi connectivity index (χ4v) is 6.22. The Morgan fingerprint density at radius 1 is 0.852 bits per heavy atom. The third-order valence-corrected chi connectivity index (χ3v) is 7.19. The summed E-state index contributed by atoms with van der Waals surface area (Å²) in [4.78, 5) is 13.7. The SMILES string of the molecule is O=C(c1ccccc1)[C@@H]1Cc2ccccc2[C@@]12NS(=O)(=O)c1ccccc12. The normalized spacial score (nSPS) is 24.5. The first-order valence-corrected chi connectivity index (χ1v) is 10.3. The molecule has 0 radical (unpaired) electrons. The summed E-state index contributed by atoms with van der Waals surface area (Å²) < 4.78 is 28.7. The Labute approximate surface area is 157 Å². The van der Waals surface area contributed by atoms with Crippen LogP contribution in [0.1, 0.15) is 27.0 Å². The average molecular weight is 375 g/mol. The Kier molecular flexibility index (Phi) is 3.41. The number of carbonyl (C=O) groups excluding carboxylic acids is 1. The highest BCUT2D eigenvalue weighted by Crippen LogP contribution is 2.52. The highest BCUT2D eigenvalue weighted by atomic mass is 32.2. The summed E-state index contributed by atoms with van der Waals surface area (Å²) >= 11 is 0. The van der Waals surface area contributed by atoms with E-state index < -0.39 is 21.5 Å². The zero-order valence-corrected chi connectivity index (χ0v) is 15.2. The van der Waals surface area contributed by atoms with Crippen LogP contribution in [0.4, 0.5) is 0 Å². The maximum absolute atomic E-state index is 13.5. The number of nitrogens with one attached hydrogen (secondary N) is 1. The summed E-state index contributed by atoms with van der Waals surface area (Å²) in [6.07, 6.45) is 0.501. The van der Waals surface area contributed by atoms with Crippen molar-refractivity contribution in [1.29, 1.82) is 0 Å². The van der Waals surface area contributed by atoms with Crippen LogP contribution >= 0.6 is 0 Å². The second-order valence-corrected chi connectivity index (χ2v) is 8.70. The third kappa shape index (κ3) is 2.19. The smallest absolute Gasteiger partial charge is 0.242 e. The van der Waals surface area contributed by atoms with Gasteiger partial charge in [0.15, 0.2) is 5.78 Å². The lowest BCUT2D eigenvalue weighted by Crippen LogP contribution is -2.47. The number of ketones is 1. The van der Waals surface area contributed by atoms with Crippen molar-refractivity contribution >= 4 is 15.8 Å². The standard InChI is InChI=1S/C22H17NO3S/c24-21(15-8-2-1-3-9-15)19-14-16-10-4-5-11-17(16)22(19)18-12-6-7-13-20(18)27(25,26)23-22/h1-13,19,23H,14H2/t19-,22-/m0/s1. The number of rotatable bonds is 2. The fourth-order valence-electron chi connectivity index (χ4n) is 4.54. The van der Waals surface area contributed by atoms with Gasteiger partial charge in [0, 0.05) is 5.56 Å². The van der Waals surface area contributed by atoms with Crippen LogP contribution < -0.4 is 4.72 Å². The van der Waals surface area contributed by atoms with E-state index in [1.54, 1.807) is 24.3 Å². The largest absolute Gasteiger partial charge is 0.294 e. The molecule has 2 atom stereocenters. The summed E-state index contributed by atoms with van der Waals surface area (Å²) in [5.74, 6) is -0.582. The number of Topliss-reactive ketones (excluding diaryl/α,β-unsaturated/α-hetero) is 1. The van der Waals surface area contributed by atoms with Gasteiger partial charge in [-0.15, -0.1) is 0 Å². The zero-order valence-electron chi connectivity index (χ0n) is 14.4. The molecule has 1 N–H and O–H groups in total. The van der Waals surface area contributed by atoms with Crippen molar-refractivity contribution in [3.63, 3.8) is 0 Å². The van der Waals surface area contributed by atoms with E-state index >= 15 is 0 Å². The second-order valence-electron chi connectivity index (χ2n) is 7.05. The van der Waals surface area contributed by atoms with Crippen LogP contribution in [0.15, 0.2) is 83.8 Å². The van der Waals surface area contributed by atoms with Crippen molar-refractivity contribution in [2.24, 2.45) is 5.92 Å². The van der Waals surface area contributed by atoms with E-state index in [0.29, 0.717) is 17.5 Å². The summed E-state index contributed by atoms with van der Waals surface area (Å²) in [6, 6.07) is 23.8. The van der Waals surface area contributed by atoms with Crippen molar-refractivity contribution < 1.29 is 13.2 Å². The van der Waals surface area contributed by atoms with E-state index in [-0.39, 0.29) is 10.7 Å². The predicted molar refractivity (Wildman–Crippen MR) is 102 cm³/mol. The zero-order chi connectivity index (χ0) is 18.6. The van der Waals surface area contributed by atoms with E-state index in [2.05, 4.69) is 4.72 Å². The van der Waals surface area contributed by atoms with Crippen molar-refractivity contribution in [3.8, 4) is 0 Å². The van der Waals surface area contributed by atoms with E-state index in [1.807, 2.05) is 54.6 Å². The molecule has 1 aliphatic carbocycles. The van der Waals surface area contributed by atoms with Gasteiger partial charge in [-0.3, -0.25) is 4.79 Å². The minimum atomic E-state index is -3.69. The Balaban J connectivity index is 1.79. The van der Waals surface area contributed by atoms with Crippen LogP contribution in [0.2, 0.25) is 0 Å². The van der Waals surface area contributed by atoms with E-state index in [9.17, 15) is 13.2 Å². The van der Waals surface area contributed by atoms with Gasteiger partial charge in [-0.2, -0.15) is 4.72 Å². The van der Waals surface area contributed by atoms with Gasteiger partial charge < -0.3 is 0 Å². The lowest BCUT2D eigenvalue weighted by Gasteiger charge is -2.32. The van der Waals surface area contributed by atoms with Gasteiger partial charge >= 0.3 is 0 Å². The van der Waals surface area contributed by atoms with Gasteiger partial charge in [0.1, 0.15) is 0 Å². The molecule has 4 nitrogen and oxygen atoms in total. The lowest BCUT2D eigenvalue weighted by atomic mass is 9.75. The molecule has 0 amide bonds. The number of sulfonamides is 1.